The number of rotatable bonds is 3. The van der Waals surface area contributed by atoms with Crippen LogP contribution in [0.3, 0.4) is 0 Å². The standard InChI is InChI=1S/C20H15ClN2O/c21-18-10-16(15-7-4-8-22-11-15)9-17-13-23(20(24)19(17)18)12-14-5-2-1-3-6-14/h1-11H,12-13H2. The van der Waals surface area contributed by atoms with E-state index in [-0.39, 0.29) is 5.91 Å². The van der Waals surface area contributed by atoms with Gasteiger partial charge in [0.25, 0.3) is 5.91 Å². The fourth-order valence-electron chi connectivity index (χ4n) is 3.10. The van der Waals surface area contributed by atoms with Crippen molar-refractivity contribution in [3.05, 3.63) is 88.7 Å². The van der Waals surface area contributed by atoms with Gasteiger partial charge in [-0.05, 0) is 34.9 Å². The number of hydrogen-bond donors (Lipinski definition) is 0. The van der Waals surface area contributed by atoms with Crippen LogP contribution in [-0.2, 0) is 13.1 Å². The zero-order chi connectivity index (χ0) is 16.5. The van der Waals surface area contributed by atoms with Crippen LogP contribution in [0.1, 0.15) is 21.5 Å². The molecule has 118 valence electrons. The van der Waals surface area contributed by atoms with Crippen LogP contribution in [0.2, 0.25) is 5.02 Å². The third-order valence-electron chi connectivity index (χ3n) is 4.25. The molecule has 0 radical (unpaired) electrons. The Balaban J connectivity index is 1.67. The number of hydrogen-bond acceptors (Lipinski definition) is 2. The van der Waals surface area contributed by atoms with Gasteiger partial charge in [0.15, 0.2) is 0 Å². The van der Waals surface area contributed by atoms with Gasteiger partial charge < -0.3 is 4.90 Å². The van der Waals surface area contributed by atoms with Crippen LogP contribution in [0.4, 0.5) is 0 Å². The molecule has 4 heteroatoms. The average Bonchev–Trinajstić information content (AvgIpc) is 2.93. The average molecular weight is 335 g/mol. The summed E-state index contributed by atoms with van der Waals surface area (Å²) < 4.78 is 0. The first-order valence-electron chi connectivity index (χ1n) is 7.78. The van der Waals surface area contributed by atoms with Crippen LogP contribution in [-0.4, -0.2) is 15.8 Å². The van der Waals surface area contributed by atoms with Crippen molar-refractivity contribution in [3.8, 4) is 11.1 Å². The lowest BCUT2D eigenvalue weighted by molar-refractivity contribution is 0.0767. The Morgan fingerprint density at radius 2 is 1.88 bits per heavy atom. The summed E-state index contributed by atoms with van der Waals surface area (Å²) in [5.74, 6) is -0.00316. The number of benzene rings is 2. The van der Waals surface area contributed by atoms with E-state index in [9.17, 15) is 4.79 Å². The minimum Gasteiger partial charge on any atom is -0.330 e. The summed E-state index contributed by atoms with van der Waals surface area (Å²) in [4.78, 5) is 18.7. The second kappa shape index (κ2) is 6.10. The molecule has 1 aliphatic heterocycles. The van der Waals surface area contributed by atoms with Crippen LogP contribution in [0, 0.1) is 0 Å². The molecule has 0 saturated heterocycles. The lowest BCUT2D eigenvalue weighted by Crippen LogP contribution is -2.23. The van der Waals surface area contributed by atoms with E-state index in [0.717, 1.165) is 22.3 Å². The third-order valence-corrected chi connectivity index (χ3v) is 4.54. The predicted octanol–water partition coefficient (Wildman–Crippen LogP) is 4.56. The van der Waals surface area contributed by atoms with E-state index in [1.165, 1.54) is 0 Å². The van der Waals surface area contributed by atoms with E-state index >= 15 is 0 Å². The Morgan fingerprint density at radius 3 is 2.62 bits per heavy atom. The number of amides is 1. The molecule has 0 unspecified atom stereocenters. The molecule has 0 atom stereocenters. The molecular weight excluding hydrogens is 320 g/mol. The van der Waals surface area contributed by atoms with Gasteiger partial charge in [-0.25, -0.2) is 0 Å². The molecule has 2 aromatic carbocycles. The highest BCUT2D eigenvalue weighted by atomic mass is 35.5. The van der Waals surface area contributed by atoms with Crippen molar-refractivity contribution in [2.24, 2.45) is 0 Å². The van der Waals surface area contributed by atoms with Crippen molar-refractivity contribution >= 4 is 17.5 Å². The number of aromatic nitrogens is 1. The second-order valence-electron chi connectivity index (χ2n) is 5.88. The molecule has 1 amide bonds. The van der Waals surface area contributed by atoms with E-state index in [1.54, 1.807) is 12.4 Å². The lowest BCUT2D eigenvalue weighted by atomic mass is 10.0. The SMILES string of the molecule is O=C1c2c(Cl)cc(-c3cccnc3)cc2CN1Cc1ccccc1. The van der Waals surface area contributed by atoms with Crippen molar-refractivity contribution < 1.29 is 4.79 Å². The number of pyridine rings is 1. The van der Waals surface area contributed by atoms with Crippen LogP contribution in [0.15, 0.2) is 67.0 Å². The van der Waals surface area contributed by atoms with Crippen LogP contribution < -0.4 is 0 Å². The normalized spacial score (nSPS) is 13.2. The molecule has 0 saturated carbocycles. The Morgan fingerprint density at radius 1 is 1.04 bits per heavy atom. The smallest absolute Gasteiger partial charge is 0.256 e. The maximum absolute atomic E-state index is 12.7. The molecule has 24 heavy (non-hydrogen) atoms. The van der Waals surface area contributed by atoms with Crippen LogP contribution in [0.5, 0.6) is 0 Å². The minimum atomic E-state index is -0.00316. The monoisotopic (exact) mass is 334 g/mol. The molecule has 0 bridgehead atoms. The Labute approximate surface area is 145 Å². The van der Waals surface area contributed by atoms with Crippen LogP contribution >= 0.6 is 11.6 Å². The summed E-state index contributed by atoms with van der Waals surface area (Å²) in [6.45, 7) is 1.17. The third kappa shape index (κ3) is 2.68. The van der Waals surface area contributed by atoms with E-state index < -0.39 is 0 Å². The van der Waals surface area contributed by atoms with E-state index in [1.807, 2.05) is 59.5 Å². The van der Waals surface area contributed by atoms with Gasteiger partial charge in [-0.2, -0.15) is 0 Å². The first-order chi connectivity index (χ1) is 11.7. The summed E-state index contributed by atoms with van der Waals surface area (Å²) >= 11 is 6.42. The fourth-order valence-corrected chi connectivity index (χ4v) is 3.41. The molecule has 1 aliphatic rings. The quantitative estimate of drug-likeness (QED) is 0.703. The Kier molecular flexibility index (Phi) is 3.79. The Hall–Kier alpha value is -2.65. The molecule has 4 rings (SSSR count). The molecule has 3 nitrogen and oxygen atoms in total. The highest BCUT2D eigenvalue weighted by Gasteiger charge is 2.30. The van der Waals surface area contributed by atoms with Crippen molar-refractivity contribution in [3.63, 3.8) is 0 Å². The molecule has 0 spiro atoms. The molecule has 0 N–H and O–H groups in total. The number of carbonyl (C=O) groups excluding carboxylic acids is 1. The van der Waals surface area contributed by atoms with Crippen molar-refractivity contribution in [2.75, 3.05) is 0 Å². The van der Waals surface area contributed by atoms with Gasteiger partial charge in [-0.3, -0.25) is 9.78 Å². The highest BCUT2D eigenvalue weighted by Crippen LogP contribution is 2.34. The van der Waals surface area contributed by atoms with Gasteiger partial charge in [0.2, 0.25) is 0 Å². The van der Waals surface area contributed by atoms with Gasteiger partial charge in [0.05, 0.1) is 10.6 Å². The molecule has 1 aromatic heterocycles. The topological polar surface area (TPSA) is 33.2 Å². The maximum Gasteiger partial charge on any atom is 0.256 e. The van der Waals surface area contributed by atoms with Gasteiger partial charge in [-0.1, -0.05) is 48.0 Å². The van der Waals surface area contributed by atoms with Crippen molar-refractivity contribution in [1.82, 2.24) is 9.88 Å². The maximum atomic E-state index is 12.7. The number of carbonyl (C=O) groups is 1. The van der Waals surface area contributed by atoms with E-state index in [4.69, 9.17) is 11.6 Å². The summed E-state index contributed by atoms with van der Waals surface area (Å²) in [5.41, 5.74) is 4.70. The van der Waals surface area contributed by atoms with Crippen molar-refractivity contribution in [2.45, 2.75) is 13.1 Å². The largest absolute Gasteiger partial charge is 0.330 e. The molecule has 0 fully saturated rings. The zero-order valence-corrected chi connectivity index (χ0v) is 13.7. The molecule has 3 aromatic rings. The summed E-state index contributed by atoms with van der Waals surface area (Å²) in [7, 11) is 0. The summed E-state index contributed by atoms with van der Waals surface area (Å²) in [6.07, 6.45) is 3.54. The predicted molar refractivity (Wildman–Crippen MR) is 94.7 cm³/mol. The first-order valence-corrected chi connectivity index (χ1v) is 8.16. The van der Waals surface area contributed by atoms with E-state index in [2.05, 4.69) is 4.98 Å². The number of nitrogens with zero attached hydrogens (tertiary/aromatic N) is 2. The first kappa shape index (κ1) is 14.9. The van der Waals surface area contributed by atoms with Gasteiger partial charge >= 0.3 is 0 Å². The van der Waals surface area contributed by atoms with Crippen LogP contribution in [0.25, 0.3) is 11.1 Å². The molecule has 2 heterocycles. The van der Waals surface area contributed by atoms with Gasteiger partial charge in [0.1, 0.15) is 0 Å². The molecule has 0 aliphatic carbocycles. The number of fused-ring (bicyclic) bond motifs is 1. The second-order valence-corrected chi connectivity index (χ2v) is 6.29. The zero-order valence-electron chi connectivity index (χ0n) is 12.9. The molecular formula is C20H15ClN2O. The fraction of sp³-hybridized carbons (Fsp3) is 0.100. The number of halogens is 1. The van der Waals surface area contributed by atoms with E-state index in [0.29, 0.717) is 23.7 Å². The minimum absolute atomic E-state index is 0.00316. The summed E-state index contributed by atoms with van der Waals surface area (Å²) in [6, 6.07) is 17.8. The van der Waals surface area contributed by atoms with Gasteiger partial charge in [0, 0.05) is 31.0 Å². The highest BCUT2D eigenvalue weighted by molar-refractivity contribution is 6.34. The van der Waals surface area contributed by atoms with Crippen molar-refractivity contribution in [1.29, 1.82) is 0 Å². The summed E-state index contributed by atoms with van der Waals surface area (Å²) in [5, 5.41) is 0.506. The Bertz CT molecular complexity index is 894. The van der Waals surface area contributed by atoms with Gasteiger partial charge in [-0.15, -0.1) is 0 Å². The lowest BCUT2D eigenvalue weighted by Gasteiger charge is -2.15.